The van der Waals surface area contributed by atoms with Gasteiger partial charge in [0, 0.05) is 28.4 Å². The molecule has 280 valence electrons. The van der Waals surface area contributed by atoms with Crippen molar-refractivity contribution in [3.63, 3.8) is 0 Å². The van der Waals surface area contributed by atoms with Crippen molar-refractivity contribution >= 4 is 47.8 Å². The molecule has 0 fully saturated rings. The summed E-state index contributed by atoms with van der Waals surface area (Å²) < 4.78 is 35.3. The van der Waals surface area contributed by atoms with Crippen molar-refractivity contribution in [2.45, 2.75) is 0 Å². The molecule has 8 rings (SSSR count). The zero-order chi connectivity index (χ0) is 39.6. The summed E-state index contributed by atoms with van der Waals surface area (Å²) in [6.45, 7) is 0.778. The van der Waals surface area contributed by atoms with E-state index in [1.165, 1.54) is 0 Å². The summed E-state index contributed by atoms with van der Waals surface area (Å²) in [4.78, 5) is 86.7. The van der Waals surface area contributed by atoms with Crippen LogP contribution in [0.15, 0.2) is 97.1 Å². The monoisotopic (exact) mass is 744 g/mol. The molecule has 0 radical (unpaired) electrons. The molecule has 0 atom stereocenters. The minimum atomic E-state index is -0.550. The minimum absolute atomic E-state index is 0.359. The number of esters is 8. The van der Waals surface area contributed by atoms with Gasteiger partial charge in [-0.2, -0.15) is 0 Å². The van der Waals surface area contributed by atoms with Gasteiger partial charge in [-0.3, -0.25) is 0 Å². The van der Waals surface area contributed by atoms with E-state index >= 15 is 0 Å². The Morgan fingerprint density at radius 3 is 0.519 bits per heavy atom. The summed E-state index contributed by atoms with van der Waals surface area (Å²) in [5.74, 6) is -4.40. The highest BCUT2D eigenvalue weighted by molar-refractivity contribution is 6.16. The van der Waals surface area contributed by atoms with Crippen LogP contribution in [0.2, 0.25) is 0 Å². The lowest BCUT2D eigenvalue weighted by atomic mass is 10.1. The van der Waals surface area contributed by atoms with Gasteiger partial charge in [-0.25, -0.2) is 38.4 Å². The predicted molar refractivity (Wildman–Crippen MR) is 183 cm³/mol. The van der Waals surface area contributed by atoms with Gasteiger partial charge < -0.3 is 37.9 Å². The number of methoxy groups -OCH3 is 4. The van der Waals surface area contributed by atoms with Crippen molar-refractivity contribution in [3.05, 3.63) is 142 Å². The Kier molecular flexibility index (Phi) is 16.2. The van der Waals surface area contributed by atoms with E-state index < -0.39 is 47.8 Å². The van der Waals surface area contributed by atoms with Gasteiger partial charge in [0.2, 0.25) is 0 Å². The zero-order valence-corrected chi connectivity index (χ0v) is 29.2. The molecule has 4 heterocycles. The molecular weight excluding hydrogens is 712 g/mol. The van der Waals surface area contributed by atoms with Crippen LogP contribution in [0.25, 0.3) is 0 Å². The molecule has 0 unspecified atom stereocenters. The average molecular weight is 745 g/mol. The Morgan fingerprint density at radius 2 is 0.426 bits per heavy atom. The average Bonchev–Trinajstić information content (AvgIpc) is 3.86. The number of hydrogen-bond acceptors (Lipinski definition) is 16. The molecule has 16 nitrogen and oxygen atoms in total. The number of fused-ring (bicyclic) bond motifs is 4. The Hall–Kier alpha value is -6.72. The molecule has 54 heavy (non-hydrogen) atoms. The number of carbonyl (C=O) groups excluding carboxylic acids is 8. The van der Waals surface area contributed by atoms with Crippen molar-refractivity contribution in [1.82, 2.24) is 0 Å². The van der Waals surface area contributed by atoms with E-state index in [-0.39, 0.29) is 0 Å². The van der Waals surface area contributed by atoms with Crippen LogP contribution in [-0.4, -0.2) is 89.8 Å². The summed E-state index contributed by atoms with van der Waals surface area (Å²) in [5.41, 5.74) is 2.87. The summed E-state index contributed by atoms with van der Waals surface area (Å²) in [5, 5.41) is 0. The molecule has 0 bridgehead atoms. The largest absolute Gasteiger partial charge is 0.386 e. The molecule has 0 saturated carbocycles. The van der Waals surface area contributed by atoms with Crippen LogP contribution in [0.3, 0.4) is 0 Å². The maximum Gasteiger partial charge on any atom is 0.346 e. The van der Waals surface area contributed by atoms with Crippen LogP contribution in [0, 0.1) is 0 Å². The van der Waals surface area contributed by atoms with Crippen molar-refractivity contribution < 1.29 is 76.3 Å². The van der Waals surface area contributed by atoms with Crippen LogP contribution in [0.4, 0.5) is 0 Å². The normalized spacial score (nSPS) is 13.4. The second-order valence-corrected chi connectivity index (χ2v) is 10.3. The summed E-state index contributed by atoms with van der Waals surface area (Å²) in [6, 6.07) is 26.1. The van der Waals surface area contributed by atoms with E-state index in [9.17, 15) is 38.4 Å². The van der Waals surface area contributed by atoms with Crippen LogP contribution in [0.5, 0.6) is 0 Å². The summed E-state index contributed by atoms with van der Waals surface area (Å²) >= 11 is 0. The first-order chi connectivity index (χ1) is 26.0. The molecule has 4 aromatic carbocycles. The second kappa shape index (κ2) is 21.0. The number of rotatable bonds is 4. The number of ether oxygens (including phenoxy) is 8. The fraction of sp³-hybridized carbons (Fsp3) is 0.158. The first-order valence-electron chi connectivity index (χ1n) is 15.4. The first kappa shape index (κ1) is 41.7. The van der Waals surface area contributed by atoms with E-state index in [1.807, 2.05) is 0 Å². The third-order valence-electron chi connectivity index (χ3n) is 6.68. The van der Waals surface area contributed by atoms with Crippen LogP contribution >= 0.6 is 0 Å². The van der Waals surface area contributed by atoms with Crippen molar-refractivity contribution in [3.8, 4) is 0 Å². The van der Waals surface area contributed by atoms with Gasteiger partial charge in [0.15, 0.2) is 0 Å². The molecule has 4 aliphatic rings. The standard InChI is InChI=1S/4C8H4O3.2C3H8O2/c4*9-7-5-3-1-2-4-6(5)8(10)11-7;2*1-4-3-5-2/h4*1-4H;2*3H2,1-2H3. The molecular formula is C38H32O16. The third kappa shape index (κ3) is 11.1. The Bertz CT molecular complexity index is 1610. The van der Waals surface area contributed by atoms with E-state index in [0.717, 1.165) is 0 Å². The molecule has 4 aromatic rings. The second-order valence-electron chi connectivity index (χ2n) is 10.3. The number of hydrogen-bond donors (Lipinski definition) is 0. The molecule has 0 N–H and O–H groups in total. The van der Waals surface area contributed by atoms with Crippen LogP contribution in [-0.2, 0) is 37.9 Å². The Morgan fingerprint density at radius 1 is 0.296 bits per heavy atom. The highest BCUT2D eigenvalue weighted by atomic mass is 16.7. The topological polar surface area (TPSA) is 210 Å². The maximum absolute atomic E-state index is 10.8. The van der Waals surface area contributed by atoms with Gasteiger partial charge in [-0.05, 0) is 48.5 Å². The van der Waals surface area contributed by atoms with E-state index in [0.29, 0.717) is 58.1 Å². The van der Waals surface area contributed by atoms with Gasteiger partial charge in [-0.1, -0.05) is 48.5 Å². The molecule has 0 amide bonds. The fourth-order valence-corrected chi connectivity index (χ4v) is 4.37. The van der Waals surface area contributed by atoms with E-state index in [2.05, 4.69) is 37.9 Å². The molecule has 0 aliphatic carbocycles. The van der Waals surface area contributed by atoms with Gasteiger partial charge in [-0.15, -0.1) is 0 Å². The lowest BCUT2D eigenvalue weighted by molar-refractivity contribution is -0.00282. The SMILES string of the molecule is COCOC.COCOC.O=C1OC(=O)c2ccccc21.O=C1OC(=O)c2ccccc21.O=C1OC(=O)c2ccccc21.O=C1OC(=O)c2ccccc21. The molecule has 4 aliphatic heterocycles. The van der Waals surface area contributed by atoms with Crippen LogP contribution in [0.1, 0.15) is 82.9 Å². The fourth-order valence-electron chi connectivity index (χ4n) is 4.37. The van der Waals surface area contributed by atoms with Crippen molar-refractivity contribution in [2.24, 2.45) is 0 Å². The van der Waals surface area contributed by atoms with Crippen molar-refractivity contribution in [2.75, 3.05) is 42.0 Å². The van der Waals surface area contributed by atoms with Gasteiger partial charge in [0.1, 0.15) is 13.6 Å². The molecule has 16 heteroatoms. The summed E-state index contributed by atoms with van der Waals surface area (Å²) in [6.07, 6.45) is 0. The third-order valence-corrected chi connectivity index (χ3v) is 6.68. The first-order valence-corrected chi connectivity index (χ1v) is 15.4. The lowest BCUT2D eigenvalue weighted by Gasteiger charge is -1.87. The van der Waals surface area contributed by atoms with Crippen molar-refractivity contribution in [1.29, 1.82) is 0 Å². The zero-order valence-electron chi connectivity index (χ0n) is 29.2. The Balaban J connectivity index is 0.000000179. The van der Waals surface area contributed by atoms with Gasteiger partial charge >= 0.3 is 47.8 Å². The van der Waals surface area contributed by atoms with Gasteiger partial charge in [0.25, 0.3) is 0 Å². The number of benzene rings is 4. The maximum atomic E-state index is 10.8. The molecule has 0 spiro atoms. The quantitative estimate of drug-likeness (QED) is 0.122. The van der Waals surface area contributed by atoms with E-state index in [1.54, 1.807) is 126 Å². The number of carbonyl (C=O) groups is 8. The van der Waals surface area contributed by atoms with E-state index in [4.69, 9.17) is 0 Å². The predicted octanol–water partition coefficient (Wildman–Crippen LogP) is 4.46. The number of cyclic esters (lactones) is 8. The van der Waals surface area contributed by atoms with Gasteiger partial charge in [0.05, 0.1) is 44.5 Å². The lowest BCUT2D eigenvalue weighted by Crippen LogP contribution is -1.96. The highest BCUT2D eigenvalue weighted by Crippen LogP contribution is 2.21. The smallest absolute Gasteiger partial charge is 0.346 e. The highest BCUT2D eigenvalue weighted by Gasteiger charge is 2.30. The minimum Gasteiger partial charge on any atom is -0.386 e. The Labute approximate surface area is 307 Å². The summed E-state index contributed by atoms with van der Waals surface area (Å²) in [7, 11) is 6.35. The molecule has 0 aromatic heterocycles. The molecule has 0 saturated heterocycles. The van der Waals surface area contributed by atoms with Crippen LogP contribution < -0.4 is 0 Å².